The first kappa shape index (κ1) is 15.7. The van der Waals surface area contributed by atoms with Gasteiger partial charge in [-0.1, -0.05) is 34.6 Å². The van der Waals surface area contributed by atoms with E-state index in [0.717, 1.165) is 10.0 Å². The molecule has 0 aromatic heterocycles. The van der Waals surface area contributed by atoms with Crippen LogP contribution in [0.3, 0.4) is 0 Å². The van der Waals surface area contributed by atoms with E-state index in [0.29, 0.717) is 13.1 Å². The summed E-state index contributed by atoms with van der Waals surface area (Å²) in [6, 6.07) is 6.20. The molecule has 0 saturated heterocycles. The predicted molar refractivity (Wildman–Crippen MR) is 70.9 cm³/mol. The third-order valence-corrected chi connectivity index (χ3v) is 2.37. The first-order valence-electron chi connectivity index (χ1n) is 5.30. The molecule has 0 spiro atoms. The lowest BCUT2D eigenvalue weighted by atomic mass is 10.2. The van der Waals surface area contributed by atoms with Crippen LogP contribution >= 0.6 is 15.9 Å². The SMILES string of the molecule is C=C(Br)CNCc1cccc(NC(=O)C(F)(F)F)c1. The number of halogens is 4. The topological polar surface area (TPSA) is 41.1 Å². The molecule has 1 aromatic rings. The van der Waals surface area contributed by atoms with Crippen LogP contribution in [0.2, 0.25) is 0 Å². The van der Waals surface area contributed by atoms with Crippen molar-refractivity contribution < 1.29 is 18.0 Å². The summed E-state index contributed by atoms with van der Waals surface area (Å²) in [7, 11) is 0. The highest BCUT2D eigenvalue weighted by molar-refractivity contribution is 9.11. The van der Waals surface area contributed by atoms with E-state index in [1.165, 1.54) is 12.1 Å². The van der Waals surface area contributed by atoms with Crippen LogP contribution in [0.25, 0.3) is 0 Å². The van der Waals surface area contributed by atoms with Gasteiger partial charge in [-0.3, -0.25) is 4.79 Å². The van der Waals surface area contributed by atoms with Crippen LogP contribution in [-0.4, -0.2) is 18.6 Å². The molecule has 19 heavy (non-hydrogen) atoms. The molecule has 7 heteroatoms. The van der Waals surface area contributed by atoms with Gasteiger partial charge in [-0.15, -0.1) is 0 Å². The predicted octanol–water partition coefficient (Wildman–Crippen LogP) is 3.19. The molecule has 1 amide bonds. The van der Waals surface area contributed by atoms with Gasteiger partial charge in [0.1, 0.15) is 0 Å². The lowest BCUT2D eigenvalue weighted by Gasteiger charge is -2.09. The van der Waals surface area contributed by atoms with Gasteiger partial charge in [-0.25, -0.2) is 0 Å². The van der Waals surface area contributed by atoms with Crippen molar-refractivity contribution in [3.05, 3.63) is 40.9 Å². The molecule has 0 unspecified atom stereocenters. The number of benzene rings is 1. The Morgan fingerprint density at radius 1 is 1.37 bits per heavy atom. The van der Waals surface area contributed by atoms with Gasteiger partial charge in [0.2, 0.25) is 0 Å². The van der Waals surface area contributed by atoms with E-state index in [9.17, 15) is 18.0 Å². The zero-order valence-corrected chi connectivity index (χ0v) is 11.4. The number of nitrogens with one attached hydrogen (secondary N) is 2. The van der Waals surface area contributed by atoms with Crippen LogP contribution in [0, 0.1) is 0 Å². The standard InChI is InChI=1S/C12H12BrF3N2O/c1-8(13)6-17-7-9-3-2-4-10(5-9)18-11(19)12(14,15)16/h2-5,17H,1,6-7H2,(H,18,19). The van der Waals surface area contributed by atoms with E-state index in [2.05, 4.69) is 27.8 Å². The largest absolute Gasteiger partial charge is 0.471 e. The average Bonchev–Trinajstić information content (AvgIpc) is 2.27. The first-order chi connectivity index (χ1) is 8.79. The van der Waals surface area contributed by atoms with Crippen molar-refractivity contribution in [2.24, 2.45) is 0 Å². The highest BCUT2D eigenvalue weighted by Gasteiger charge is 2.38. The smallest absolute Gasteiger partial charge is 0.318 e. The maximum absolute atomic E-state index is 12.1. The zero-order chi connectivity index (χ0) is 14.5. The minimum Gasteiger partial charge on any atom is -0.318 e. The van der Waals surface area contributed by atoms with E-state index in [4.69, 9.17) is 0 Å². The summed E-state index contributed by atoms with van der Waals surface area (Å²) in [5.74, 6) is -1.98. The fourth-order valence-corrected chi connectivity index (χ4v) is 1.50. The molecule has 2 N–H and O–H groups in total. The highest BCUT2D eigenvalue weighted by Crippen LogP contribution is 2.18. The summed E-state index contributed by atoms with van der Waals surface area (Å²) in [5, 5.41) is 4.83. The molecule has 0 atom stereocenters. The van der Waals surface area contributed by atoms with Gasteiger partial charge in [0, 0.05) is 23.3 Å². The number of hydrogen-bond donors (Lipinski definition) is 2. The normalized spacial score (nSPS) is 11.2. The Hall–Kier alpha value is -1.34. The second-order valence-corrected chi connectivity index (χ2v) is 4.89. The quantitative estimate of drug-likeness (QED) is 0.867. The molecule has 0 heterocycles. The van der Waals surface area contributed by atoms with Crippen LogP contribution in [0.15, 0.2) is 35.3 Å². The molecular formula is C12H12BrF3N2O. The second-order valence-electron chi connectivity index (χ2n) is 3.77. The molecule has 0 bridgehead atoms. The van der Waals surface area contributed by atoms with Gasteiger partial charge in [0.05, 0.1) is 0 Å². The van der Waals surface area contributed by atoms with Gasteiger partial charge in [-0.2, -0.15) is 13.2 Å². The Balaban J connectivity index is 2.62. The van der Waals surface area contributed by atoms with Crippen LogP contribution in [0.4, 0.5) is 18.9 Å². The summed E-state index contributed by atoms with van der Waals surface area (Å²) in [6.07, 6.45) is -4.89. The summed E-state index contributed by atoms with van der Waals surface area (Å²) in [5.41, 5.74) is 0.869. The fraction of sp³-hybridized carbons (Fsp3) is 0.250. The Kier molecular flexibility index (Phi) is 5.56. The van der Waals surface area contributed by atoms with E-state index in [1.54, 1.807) is 17.4 Å². The number of hydrogen-bond acceptors (Lipinski definition) is 2. The molecular weight excluding hydrogens is 325 g/mol. The van der Waals surface area contributed by atoms with Crippen LogP contribution in [0.5, 0.6) is 0 Å². The van der Waals surface area contributed by atoms with Crippen molar-refractivity contribution in [2.45, 2.75) is 12.7 Å². The zero-order valence-electron chi connectivity index (χ0n) is 9.85. The number of rotatable bonds is 5. The second kappa shape index (κ2) is 6.72. The van der Waals surface area contributed by atoms with E-state index in [-0.39, 0.29) is 5.69 Å². The highest BCUT2D eigenvalue weighted by atomic mass is 79.9. The molecule has 0 aliphatic heterocycles. The monoisotopic (exact) mass is 336 g/mol. The maximum atomic E-state index is 12.1. The Morgan fingerprint density at radius 2 is 2.05 bits per heavy atom. The number of alkyl halides is 3. The fourth-order valence-electron chi connectivity index (χ4n) is 1.30. The molecule has 3 nitrogen and oxygen atoms in total. The van der Waals surface area contributed by atoms with Crippen molar-refractivity contribution >= 4 is 27.5 Å². The Morgan fingerprint density at radius 3 is 2.63 bits per heavy atom. The lowest BCUT2D eigenvalue weighted by Crippen LogP contribution is -2.29. The molecule has 0 fully saturated rings. The number of anilines is 1. The van der Waals surface area contributed by atoms with E-state index in [1.807, 2.05) is 0 Å². The summed E-state index contributed by atoms with van der Waals surface area (Å²) >= 11 is 3.18. The van der Waals surface area contributed by atoms with Gasteiger partial charge in [-0.05, 0) is 17.7 Å². The lowest BCUT2D eigenvalue weighted by molar-refractivity contribution is -0.167. The van der Waals surface area contributed by atoms with Crippen molar-refractivity contribution in [3.63, 3.8) is 0 Å². The van der Waals surface area contributed by atoms with Crippen LogP contribution < -0.4 is 10.6 Å². The summed E-state index contributed by atoms with van der Waals surface area (Å²) < 4.78 is 37.0. The van der Waals surface area contributed by atoms with Gasteiger partial charge in [0.25, 0.3) is 0 Å². The van der Waals surface area contributed by atoms with Crippen molar-refractivity contribution in [1.29, 1.82) is 0 Å². The minimum atomic E-state index is -4.89. The summed E-state index contributed by atoms with van der Waals surface area (Å²) in [6.45, 7) is 4.64. The van der Waals surface area contributed by atoms with Crippen LogP contribution in [0.1, 0.15) is 5.56 Å². The van der Waals surface area contributed by atoms with E-state index >= 15 is 0 Å². The molecule has 0 aliphatic carbocycles. The molecule has 1 rings (SSSR count). The van der Waals surface area contributed by atoms with Crippen molar-refractivity contribution in [1.82, 2.24) is 5.32 Å². The van der Waals surface area contributed by atoms with Crippen molar-refractivity contribution in [2.75, 3.05) is 11.9 Å². The van der Waals surface area contributed by atoms with Crippen LogP contribution in [-0.2, 0) is 11.3 Å². The third kappa shape index (κ3) is 5.89. The van der Waals surface area contributed by atoms with Gasteiger partial charge >= 0.3 is 12.1 Å². The molecule has 104 valence electrons. The molecule has 1 aromatic carbocycles. The minimum absolute atomic E-state index is 0.110. The summed E-state index contributed by atoms with van der Waals surface area (Å²) in [4.78, 5) is 10.8. The Labute approximate surface area is 117 Å². The molecule has 0 saturated carbocycles. The maximum Gasteiger partial charge on any atom is 0.471 e. The molecule has 0 radical (unpaired) electrons. The number of carbonyl (C=O) groups excluding carboxylic acids is 1. The van der Waals surface area contributed by atoms with Crippen molar-refractivity contribution in [3.8, 4) is 0 Å². The van der Waals surface area contributed by atoms with E-state index < -0.39 is 12.1 Å². The molecule has 0 aliphatic rings. The average molecular weight is 337 g/mol. The third-order valence-electron chi connectivity index (χ3n) is 2.09. The number of amides is 1. The number of carbonyl (C=O) groups is 1. The van der Waals surface area contributed by atoms with Gasteiger partial charge in [0.15, 0.2) is 0 Å². The Bertz CT molecular complexity index is 474. The van der Waals surface area contributed by atoms with Gasteiger partial charge < -0.3 is 10.6 Å². The first-order valence-corrected chi connectivity index (χ1v) is 6.09.